The highest BCUT2D eigenvalue weighted by atomic mass is 16.6. The maximum Gasteiger partial charge on any atom is 0.343 e. The van der Waals surface area contributed by atoms with Crippen molar-refractivity contribution < 1.29 is 34.0 Å². The first kappa shape index (κ1) is 13.6. The summed E-state index contributed by atoms with van der Waals surface area (Å²) in [4.78, 5) is 22.0. The number of carbonyl (C=O) groups is 2. The summed E-state index contributed by atoms with van der Waals surface area (Å²) >= 11 is 0. The second kappa shape index (κ2) is 5.76. The third kappa shape index (κ3) is 3.03. The summed E-state index contributed by atoms with van der Waals surface area (Å²) in [6, 6.07) is 2.11. The van der Waals surface area contributed by atoms with Gasteiger partial charge in [-0.15, -0.1) is 0 Å². The quantitative estimate of drug-likeness (QED) is 0.753. The van der Waals surface area contributed by atoms with E-state index in [1.54, 1.807) is 0 Å². The Hall–Kier alpha value is -2.44. The number of methoxy groups -OCH3 is 2. The van der Waals surface area contributed by atoms with Crippen molar-refractivity contribution in [1.29, 1.82) is 0 Å². The Kier molecular flexibility index (Phi) is 4.36. The van der Waals surface area contributed by atoms with Gasteiger partial charge in [0, 0.05) is 0 Å². The second-order valence-electron chi connectivity index (χ2n) is 3.20. The minimum atomic E-state index is -0.722. The largest absolute Gasteiger partial charge is 0.504 e. The Morgan fingerprint density at radius 3 is 2.11 bits per heavy atom. The van der Waals surface area contributed by atoms with Crippen LogP contribution in [0.4, 0.5) is 0 Å². The molecule has 0 aliphatic carbocycles. The summed E-state index contributed by atoms with van der Waals surface area (Å²) in [5, 5.41) is 19.1. The van der Waals surface area contributed by atoms with Crippen LogP contribution in [0.5, 0.6) is 17.2 Å². The summed E-state index contributed by atoms with van der Waals surface area (Å²) in [5.41, 5.74) is -0.0436. The minimum absolute atomic E-state index is 0.0436. The lowest BCUT2D eigenvalue weighted by molar-refractivity contribution is -0.142. The van der Waals surface area contributed by atoms with Crippen molar-refractivity contribution in [2.75, 3.05) is 20.8 Å². The predicted octanol–water partition coefficient (Wildman–Crippen LogP) is 0.436. The topological polar surface area (TPSA) is 102 Å². The first-order valence-corrected chi connectivity index (χ1v) is 4.83. The molecule has 0 aromatic heterocycles. The van der Waals surface area contributed by atoms with Crippen LogP contribution in [-0.4, -0.2) is 43.0 Å². The van der Waals surface area contributed by atoms with Gasteiger partial charge in [-0.05, 0) is 12.1 Å². The monoisotopic (exact) mass is 256 g/mol. The number of rotatable bonds is 4. The highest BCUT2D eigenvalue weighted by Gasteiger charge is 2.16. The van der Waals surface area contributed by atoms with Gasteiger partial charge in [-0.2, -0.15) is 0 Å². The van der Waals surface area contributed by atoms with Crippen molar-refractivity contribution in [3.05, 3.63) is 17.7 Å². The maximum atomic E-state index is 11.2. The molecule has 0 aliphatic rings. The molecule has 1 aromatic rings. The van der Waals surface area contributed by atoms with E-state index in [-0.39, 0.29) is 11.3 Å². The molecule has 1 aromatic carbocycles. The smallest absolute Gasteiger partial charge is 0.343 e. The molecule has 0 saturated carbocycles. The number of hydrogen-bond donors (Lipinski definition) is 2. The van der Waals surface area contributed by atoms with Gasteiger partial charge >= 0.3 is 11.9 Å². The molecular formula is C11H12O7. The van der Waals surface area contributed by atoms with Gasteiger partial charge in [0.25, 0.3) is 0 Å². The van der Waals surface area contributed by atoms with Crippen molar-refractivity contribution in [3.63, 3.8) is 0 Å². The molecule has 0 atom stereocenters. The molecule has 0 heterocycles. The second-order valence-corrected chi connectivity index (χ2v) is 3.20. The molecule has 18 heavy (non-hydrogen) atoms. The van der Waals surface area contributed by atoms with E-state index in [1.807, 2.05) is 0 Å². The first-order valence-electron chi connectivity index (χ1n) is 4.83. The standard InChI is InChI=1S/C11H12O7/c1-16-9(14)5-18-10-7(12)3-6(4-8(10)13)11(15)17-2/h3-4,12-13H,5H2,1-2H3. The lowest BCUT2D eigenvalue weighted by Crippen LogP contribution is -2.13. The molecule has 7 heteroatoms. The summed E-state index contributed by atoms with van der Waals surface area (Å²) in [6.45, 7) is -0.477. The van der Waals surface area contributed by atoms with Crippen LogP contribution in [0, 0.1) is 0 Å². The Labute approximate surface area is 103 Å². The van der Waals surface area contributed by atoms with Crippen molar-refractivity contribution in [1.82, 2.24) is 0 Å². The zero-order chi connectivity index (χ0) is 13.7. The van der Waals surface area contributed by atoms with Crippen molar-refractivity contribution in [2.24, 2.45) is 0 Å². The number of esters is 2. The van der Waals surface area contributed by atoms with E-state index in [0.717, 1.165) is 19.2 Å². The Morgan fingerprint density at radius 1 is 1.11 bits per heavy atom. The van der Waals surface area contributed by atoms with E-state index in [2.05, 4.69) is 9.47 Å². The molecule has 0 saturated heterocycles. The van der Waals surface area contributed by atoms with Gasteiger partial charge in [0.2, 0.25) is 5.75 Å². The summed E-state index contributed by atoms with van der Waals surface area (Å²) in [5.74, 6) is -2.68. The number of phenols is 2. The number of benzene rings is 1. The zero-order valence-corrected chi connectivity index (χ0v) is 9.80. The average Bonchev–Trinajstić information content (AvgIpc) is 2.36. The number of hydrogen-bond acceptors (Lipinski definition) is 7. The SMILES string of the molecule is COC(=O)COc1c(O)cc(C(=O)OC)cc1O. The number of phenolic OH excluding ortho intramolecular Hbond substituents is 2. The van der Waals surface area contributed by atoms with Crippen LogP contribution in [0.25, 0.3) is 0 Å². The lowest BCUT2D eigenvalue weighted by Gasteiger charge is -2.10. The highest BCUT2D eigenvalue weighted by Crippen LogP contribution is 2.37. The van der Waals surface area contributed by atoms with E-state index in [4.69, 9.17) is 4.74 Å². The Morgan fingerprint density at radius 2 is 1.67 bits per heavy atom. The number of ether oxygens (including phenoxy) is 3. The summed E-state index contributed by atoms with van der Waals surface area (Å²) in [6.07, 6.45) is 0. The van der Waals surface area contributed by atoms with E-state index in [9.17, 15) is 19.8 Å². The van der Waals surface area contributed by atoms with E-state index in [0.29, 0.717) is 0 Å². The van der Waals surface area contributed by atoms with Crippen LogP contribution in [0.1, 0.15) is 10.4 Å². The minimum Gasteiger partial charge on any atom is -0.504 e. The lowest BCUT2D eigenvalue weighted by atomic mass is 10.2. The fourth-order valence-corrected chi connectivity index (χ4v) is 1.17. The van der Waals surface area contributed by atoms with Crippen molar-refractivity contribution >= 4 is 11.9 Å². The fraction of sp³-hybridized carbons (Fsp3) is 0.273. The van der Waals surface area contributed by atoms with Gasteiger partial charge < -0.3 is 24.4 Å². The molecule has 2 N–H and O–H groups in total. The molecule has 98 valence electrons. The van der Waals surface area contributed by atoms with E-state index >= 15 is 0 Å². The zero-order valence-electron chi connectivity index (χ0n) is 9.80. The molecule has 0 radical (unpaired) electrons. The maximum absolute atomic E-state index is 11.2. The molecule has 0 unspecified atom stereocenters. The van der Waals surface area contributed by atoms with Crippen LogP contribution < -0.4 is 4.74 Å². The van der Waals surface area contributed by atoms with Crippen molar-refractivity contribution in [2.45, 2.75) is 0 Å². The highest BCUT2D eigenvalue weighted by molar-refractivity contribution is 5.91. The van der Waals surface area contributed by atoms with Crippen LogP contribution in [0.15, 0.2) is 12.1 Å². The third-order valence-electron chi connectivity index (χ3n) is 2.03. The Balaban J connectivity index is 2.94. The van der Waals surface area contributed by atoms with Crippen LogP contribution in [0.2, 0.25) is 0 Å². The number of aromatic hydroxyl groups is 2. The van der Waals surface area contributed by atoms with Gasteiger partial charge in [-0.1, -0.05) is 0 Å². The van der Waals surface area contributed by atoms with E-state index < -0.39 is 30.0 Å². The van der Waals surface area contributed by atoms with Gasteiger partial charge in [0.1, 0.15) is 0 Å². The van der Waals surface area contributed by atoms with Crippen LogP contribution >= 0.6 is 0 Å². The van der Waals surface area contributed by atoms with E-state index in [1.165, 1.54) is 7.11 Å². The summed E-state index contributed by atoms with van der Waals surface area (Å²) < 4.78 is 13.6. The van der Waals surface area contributed by atoms with Gasteiger partial charge in [-0.25, -0.2) is 9.59 Å². The average molecular weight is 256 g/mol. The third-order valence-corrected chi connectivity index (χ3v) is 2.03. The van der Waals surface area contributed by atoms with Gasteiger partial charge in [-0.3, -0.25) is 0 Å². The molecular weight excluding hydrogens is 244 g/mol. The van der Waals surface area contributed by atoms with Crippen LogP contribution in [0.3, 0.4) is 0 Å². The summed E-state index contributed by atoms with van der Waals surface area (Å²) in [7, 11) is 2.34. The molecule has 0 fully saturated rings. The molecule has 0 bridgehead atoms. The fourth-order valence-electron chi connectivity index (χ4n) is 1.17. The predicted molar refractivity (Wildman–Crippen MR) is 58.6 cm³/mol. The first-order chi connectivity index (χ1) is 8.49. The van der Waals surface area contributed by atoms with Gasteiger partial charge in [0.15, 0.2) is 18.1 Å². The molecule has 0 amide bonds. The Bertz CT molecular complexity index is 443. The van der Waals surface area contributed by atoms with Crippen molar-refractivity contribution in [3.8, 4) is 17.2 Å². The molecule has 0 spiro atoms. The normalized spacial score (nSPS) is 9.67. The van der Waals surface area contributed by atoms with Gasteiger partial charge in [0.05, 0.1) is 19.8 Å². The number of carbonyl (C=O) groups excluding carboxylic acids is 2. The van der Waals surface area contributed by atoms with Crippen LogP contribution in [-0.2, 0) is 14.3 Å². The molecule has 7 nitrogen and oxygen atoms in total. The molecule has 1 rings (SSSR count). The molecule has 0 aliphatic heterocycles.